The molecule has 0 saturated carbocycles. The van der Waals surface area contributed by atoms with Crippen molar-refractivity contribution in [2.45, 2.75) is 33.2 Å². The summed E-state index contributed by atoms with van der Waals surface area (Å²) in [5.41, 5.74) is 2.06. The van der Waals surface area contributed by atoms with Crippen LogP contribution in [-0.4, -0.2) is 34.0 Å². The third-order valence-electron chi connectivity index (χ3n) is 2.64. The number of carboxylic acid groups (broad SMARTS) is 1. The number of hydrogen-bond acceptors (Lipinski definition) is 3. The molecule has 1 N–H and O–H groups in total. The molecule has 0 saturated heterocycles. The van der Waals surface area contributed by atoms with Crippen LogP contribution in [0.1, 0.15) is 31.2 Å². The first kappa shape index (κ1) is 13.6. The molecule has 0 fully saturated rings. The second kappa shape index (κ2) is 7.01. The van der Waals surface area contributed by atoms with E-state index < -0.39 is 5.97 Å². The van der Waals surface area contributed by atoms with Crippen molar-refractivity contribution in [3.63, 3.8) is 0 Å². The lowest BCUT2D eigenvalue weighted by atomic mass is 10.2. The van der Waals surface area contributed by atoms with Crippen LogP contribution in [-0.2, 0) is 11.3 Å². The van der Waals surface area contributed by atoms with Gasteiger partial charge in [-0.3, -0.25) is 14.7 Å². The van der Waals surface area contributed by atoms with Crippen LogP contribution < -0.4 is 0 Å². The summed E-state index contributed by atoms with van der Waals surface area (Å²) in [4.78, 5) is 17.1. The number of nitrogens with zero attached hydrogens (tertiary/aromatic N) is 2. The molecule has 1 aromatic heterocycles. The number of carboxylic acids is 1. The van der Waals surface area contributed by atoms with E-state index in [0.29, 0.717) is 6.42 Å². The predicted molar refractivity (Wildman–Crippen MR) is 66.8 cm³/mol. The summed E-state index contributed by atoms with van der Waals surface area (Å²) in [6.07, 6.45) is 0.923. The van der Waals surface area contributed by atoms with Gasteiger partial charge in [0.15, 0.2) is 0 Å². The van der Waals surface area contributed by atoms with Gasteiger partial charge in [-0.15, -0.1) is 0 Å². The zero-order chi connectivity index (χ0) is 12.7. The van der Waals surface area contributed by atoms with Crippen molar-refractivity contribution in [3.8, 4) is 0 Å². The van der Waals surface area contributed by atoms with Crippen molar-refractivity contribution in [2.75, 3.05) is 13.1 Å². The van der Waals surface area contributed by atoms with Crippen LogP contribution in [0, 0.1) is 6.92 Å². The maximum atomic E-state index is 10.4. The topological polar surface area (TPSA) is 53.4 Å². The predicted octanol–water partition coefficient (Wildman–Crippen LogP) is 2.08. The van der Waals surface area contributed by atoms with Crippen LogP contribution in [0.25, 0.3) is 0 Å². The molecule has 1 rings (SSSR count). The van der Waals surface area contributed by atoms with Crippen LogP contribution in [0.5, 0.6) is 0 Å². The number of aromatic nitrogens is 1. The normalized spacial score (nSPS) is 10.8. The number of carbonyl (C=O) groups is 1. The molecule has 1 aromatic rings. The van der Waals surface area contributed by atoms with Gasteiger partial charge in [0.05, 0.1) is 5.69 Å². The standard InChI is InChI=1S/C13H20N2O2/c1-3-15(9-5-8-13(16)17)10-12-7-4-6-11(2)14-12/h4,6-7H,3,5,8-10H2,1-2H3,(H,16,17). The van der Waals surface area contributed by atoms with E-state index in [1.165, 1.54) is 0 Å². The largest absolute Gasteiger partial charge is 0.481 e. The van der Waals surface area contributed by atoms with E-state index in [4.69, 9.17) is 5.11 Å². The molecule has 4 nitrogen and oxygen atoms in total. The summed E-state index contributed by atoms with van der Waals surface area (Å²) in [6, 6.07) is 5.99. The fraction of sp³-hybridized carbons (Fsp3) is 0.538. The van der Waals surface area contributed by atoms with Gasteiger partial charge >= 0.3 is 5.97 Å². The molecule has 0 radical (unpaired) electrons. The highest BCUT2D eigenvalue weighted by Gasteiger charge is 2.06. The minimum atomic E-state index is -0.727. The Bertz CT molecular complexity index is 366. The Morgan fingerprint density at radius 3 is 2.82 bits per heavy atom. The SMILES string of the molecule is CCN(CCCC(=O)O)Cc1cccc(C)n1. The van der Waals surface area contributed by atoms with Crippen LogP contribution in [0.2, 0.25) is 0 Å². The zero-order valence-electron chi connectivity index (χ0n) is 10.5. The molecule has 0 spiro atoms. The molecule has 0 aromatic carbocycles. The van der Waals surface area contributed by atoms with Gasteiger partial charge in [-0.1, -0.05) is 13.0 Å². The van der Waals surface area contributed by atoms with E-state index in [1.54, 1.807) is 0 Å². The highest BCUT2D eigenvalue weighted by Crippen LogP contribution is 2.04. The van der Waals surface area contributed by atoms with Crippen LogP contribution in [0.4, 0.5) is 0 Å². The molecule has 0 bridgehead atoms. The molecule has 4 heteroatoms. The van der Waals surface area contributed by atoms with E-state index in [0.717, 1.165) is 31.0 Å². The van der Waals surface area contributed by atoms with Crippen LogP contribution in [0.3, 0.4) is 0 Å². The summed E-state index contributed by atoms with van der Waals surface area (Å²) >= 11 is 0. The molecule has 94 valence electrons. The number of hydrogen-bond donors (Lipinski definition) is 1. The molecule has 0 aliphatic carbocycles. The van der Waals surface area contributed by atoms with Gasteiger partial charge < -0.3 is 5.11 Å². The van der Waals surface area contributed by atoms with Gasteiger partial charge in [0.25, 0.3) is 0 Å². The molecule has 0 aliphatic heterocycles. The highest BCUT2D eigenvalue weighted by atomic mass is 16.4. The molecule has 0 atom stereocenters. The van der Waals surface area contributed by atoms with Gasteiger partial charge in [-0.05, 0) is 38.6 Å². The number of pyridine rings is 1. The lowest BCUT2D eigenvalue weighted by Crippen LogP contribution is -2.25. The van der Waals surface area contributed by atoms with E-state index in [2.05, 4.69) is 16.8 Å². The molecular weight excluding hydrogens is 216 g/mol. The average Bonchev–Trinajstić information content (AvgIpc) is 2.27. The summed E-state index contributed by atoms with van der Waals surface area (Å²) in [5, 5.41) is 8.59. The number of aryl methyl sites for hydroxylation is 1. The second-order valence-corrected chi connectivity index (χ2v) is 4.14. The first-order valence-corrected chi connectivity index (χ1v) is 5.98. The second-order valence-electron chi connectivity index (χ2n) is 4.14. The van der Waals surface area contributed by atoms with Crippen LogP contribution >= 0.6 is 0 Å². The monoisotopic (exact) mass is 236 g/mol. The molecule has 1 heterocycles. The molecule has 17 heavy (non-hydrogen) atoms. The average molecular weight is 236 g/mol. The number of aliphatic carboxylic acids is 1. The van der Waals surface area contributed by atoms with Crippen LogP contribution in [0.15, 0.2) is 18.2 Å². The Morgan fingerprint density at radius 2 is 2.24 bits per heavy atom. The Morgan fingerprint density at radius 1 is 1.47 bits per heavy atom. The molecule has 0 aliphatic rings. The van der Waals surface area contributed by atoms with Gasteiger partial charge in [0.2, 0.25) is 0 Å². The lowest BCUT2D eigenvalue weighted by Gasteiger charge is -2.19. The van der Waals surface area contributed by atoms with Gasteiger partial charge in [0, 0.05) is 18.7 Å². The van der Waals surface area contributed by atoms with E-state index in [9.17, 15) is 4.79 Å². The van der Waals surface area contributed by atoms with Crippen molar-refractivity contribution in [1.29, 1.82) is 0 Å². The van der Waals surface area contributed by atoms with Crippen molar-refractivity contribution in [1.82, 2.24) is 9.88 Å². The zero-order valence-corrected chi connectivity index (χ0v) is 10.5. The lowest BCUT2D eigenvalue weighted by molar-refractivity contribution is -0.137. The summed E-state index contributed by atoms with van der Waals surface area (Å²) in [6.45, 7) is 6.56. The molecular formula is C13H20N2O2. The van der Waals surface area contributed by atoms with Crippen molar-refractivity contribution in [2.24, 2.45) is 0 Å². The maximum absolute atomic E-state index is 10.4. The highest BCUT2D eigenvalue weighted by molar-refractivity contribution is 5.66. The Labute approximate surface area is 102 Å². The van der Waals surface area contributed by atoms with Gasteiger partial charge in [0.1, 0.15) is 0 Å². The number of rotatable bonds is 7. The van der Waals surface area contributed by atoms with E-state index in [-0.39, 0.29) is 6.42 Å². The molecule has 0 amide bonds. The van der Waals surface area contributed by atoms with E-state index in [1.807, 2.05) is 25.1 Å². The minimum Gasteiger partial charge on any atom is -0.481 e. The molecule has 0 unspecified atom stereocenters. The van der Waals surface area contributed by atoms with Gasteiger partial charge in [-0.2, -0.15) is 0 Å². The minimum absolute atomic E-state index is 0.234. The Kier molecular flexibility index (Phi) is 5.63. The first-order valence-electron chi connectivity index (χ1n) is 5.98. The first-order chi connectivity index (χ1) is 8.11. The van der Waals surface area contributed by atoms with Crippen molar-refractivity contribution in [3.05, 3.63) is 29.6 Å². The summed E-state index contributed by atoms with van der Waals surface area (Å²) in [5.74, 6) is -0.727. The Balaban J connectivity index is 2.43. The van der Waals surface area contributed by atoms with Gasteiger partial charge in [-0.25, -0.2) is 0 Å². The fourth-order valence-corrected chi connectivity index (χ4v) is 1.72. The smallest absolute Gasteiger partial charge is 0.303 e. The Hall–Kier alpha value is -1.42. The third-order valence-corrected chi connectivity index (χ3v) is 2.64. The maximum Gasteiger partial charge on any atom is 0.303 e. The van der Waals surface area contributed by atoms with Crippen molar-refractivity contribution >= 4 is 5.97 Å². The fourth-order valence-electron chi connectivity index (χ4n) is 1.72. The van der Waals surface area contributed by atoms with Crippen molar-refractivity contribution < 1.29 is 9.90 Å². The quantitative estimate of drug-likeness (QED) is 0.787. The summed E-state index contributed by atoms with van der Waals surface area (Å²) in [7, 11) is 0. The summed E-state index contributed by atoms with van der Waals surface area (Å²) < 4.78 is 0. The third kappa shape index (κ3) is 5.45. The van der Waals surface area contributed by atoms with E-state index >= 15 is 0 Å².